The molecule has 0 aliphatic carbocycles. The van der Waals surface area contributed by atoms with Crippen molar-refractivity contribution >= 4 is 16.6 Å². The summed E-state index contributed by atoms with van der Waals surface area (Å²) in [4.78, 5) is 6.93. The Morgan fingerprint density at radius 3 is 2.41 bits per heavy atom. The standard InChI is InChI=1S/C25H28N4O3/c1-16(2)32-19-7-5-17(6-8-19)22-15-29(10-9-27-22)25-21-12-24(31-4)23(30-3)11-20(21)18(13-26)14-28-25/h5-8,11-12,14,16,22,27H,9-10,15H2,1-4H3. The topological polar surface area (TPSA) is 79.6 Å². The zero-order chi connectivity index (χ0) is 22.7. The summed E-state index contributed by atoms with van der Waals surface area (Å²) in [6.45, 7) is 6.44. The van der Waals surface area contributed by atoms with E-state index in [1.54, 1.807) is 20.4 Å². The number of ether oxygens (including phenoxy) is 3. The van der Waals surface area contributed by atoms with E-state index >= 15 is 0 Å². The van der Waals surface area contributed by atoms with Gasteiger partial charge in [-0.15, -0.1) is 0 Å². The van der Waals surface area contributed by atoms with Gasteiger partial charge in [0.15, 0.2) is 11.5 Å². The van der Waals surface area contributed by atoms with E-state index in [9.17, 15) is 5.26 Å². The number of anilines is 1. The predicted octanol–water partition coefficient (Wildman–Crippen LogP) is 4.06. The molecular formula is C25H28N4O3. The van der Waals surface area contributed by atoms with Gasteiger partial charge in [0.1, 0.15) is 17.6 Å². The molecule has 1 N–H and O–H groups in total. The number of methoxy groups -OCH3 is 2. The number of benzene rings is 2. The lowest BCUT2D eigenvalue weighted by molar-refractivity contribution is 0.242. The third-order valence-corrected chi connectivity index (χ3v) is 5.62. The fraction of sp³-hybridized carbons (Fsp3) is 0.360. The molecule has 7 nitrogen and oxygen atoms in total. The largest absolute Gasteiger partial charge is 0.493 e. The van der Waals surface area contributed by atoms with Crippen LogP contribution in [0.25, 0.3) is 10.8 Å². The average Bonchev–Trinajstić information content (AvgIpc) is 2.82. The molecule has 1 atom stereocenters. The van der Waals surface area contributed by atoms with E-state index in [4.69, 9.17) is 14.2 Å². The van der Waals surface area contributed by atoms with E-state index < -0.39 is 0 Å². The van der Waals surface area contributed by atoms with Gasteiger partial charge in [-0.1, -0.05) is 12.1 Å². The van der Waals surface area contributed by atoms with Gasteiger partial charge in [-0.25, -0.2) is 4.98 Å². The zero-order valence-electron chi connectivity index (χ0n) is 18.9. The van der Waals surface area contributed by atoms with Gasteiger partial charge >= 0.3 is 0 Å². The van der Waals surface area contributed by atoms with Crippen molar-refractivity contribution in [1.82, 2.24) is 10.3 Å². The number of hydrogen-bond acceptors (Lipinski definition) is 7. The monoisotopic (exact) mass is 432 g/mol. The first-order valence-corrected chi connectivity index (χ1v) is 10.7. The Balaban J connectivity index is 1.67. The second kappa shape index (κ2) is 9.33. The van der Waals surface area contributed by atoms with Crippen LogP contribution in [0.15, 0.2) is 42.6 Å². The quantitative estimate of drug-likeness (QED) is 0.629. The maximum absolute atomic E-state index is 9.60. The third kappa shape index (κ3) is 4.27. The number of fused-ring (bicyclic) bond motifs is 1. The number of hydrogen-bond donors (Lipinski definition) is 1. The van der Waals surface area contributed by atoms with Crippen LogP contribution < -0.4 is 24.4 Å². The van der Waals surface area contributed by atoms with Crippen LogP contribution in [-0.2, 0) is 0 Å². The highest BCUT2D eigenvalue weighted by Crippen LogP contribution is 2.38. The molecule has 166 valence electrons. The minimum absolute atomic E-state index is 0.149. The number of pyridine rings is 1. The Hall–Kier alpha value is -3.50. The minimum atomic E-state index is 0.149. The van der Waals surface area contributed by atoms with Crippen LogP contribution in [0.2, 0.25) is 0 Å². The number of nitriles is 1. The van der Waals surface area contributed by atoms with Crippen LogP contribution in [0.5, 0.6) is 17.2 Å². The lowest BCUT2D eigenvalue weighted by Crippen LogP contribution is -2.46. The second-order valence-electron chi connectivity index (χ2n) is 8.05. The van der Waals surface area contributed by atoms with E-state index in [1.807, 2.05) is 38.1 Å². The summed E-state index contributed by atoms with van der Waals surface area (Å²) in [7, 11) is 3.20. The molecule has 7 heteroatoms. The summed E-state index contributed by atoms with van der Waals surface area (Å²) in [5.74, 6) is 2.92. The summed E-state index contributed by atoms with van der Waals surface area (Å²) in [5, 5.41) is 14.9. The van der Waals surface area contributed by atoms with E-state index in [0.717, 1.165) is 42.0 Å². The van der Waals surface area contributed by atoms with Gasteiger partial charge in [0.05, 0.1) is 25.9 Å². The Labute approximate surface area is 188 Å². The molecule has 3 aromatic rings. The van der Waals surface area contributed by atoms with Crippen LogP contribution in [-0.4, -0.2) is 44.9 Å². The Morgan fingerprint density at radius 1 is 1.09 bits per heavy atom. The number of nitrogens with one attached hydrogen (secondary N) is 1. The Kier molecular flexibility index (Phi) is 6.33. The van der Waals surface area contributed by atoms with Crippen molar-refractivity contribution in [2.75, 3.05) is 38.8 Å². The molecule has 0 radical (unpaired) electrons. The van der Waals surface area contributed by atoms with Gasteiger partial charge in [-0.3, -0.25) is 0 Å². The van der Waals surface area contributed by atoms with E-state index in [2.05, 4.69) is 33.4 Å². The summed E-state index contributed by atoms with van der Waals surface area (Å²) in [6.07, 6.45) is 1.79. The Bertz CT molecular complexity index is 1140. The van der Waals surface area contributed by atoms with Crippen molar-refractivity contribution in [3.05, 3.63) is 53.7 Å². The predicted molar refractivity (Wildman–Crippen MR) is 125 cm³/mol. The van der Waals surface area contributed by atoms with Crippen LogP contribution in [0.1, 0.15) is 31.0 Å². The van der Waals surface area contributed by atoms with Gasteiger partial charge in [-0.2, -0.15) is 5.26 Å². The fourth-order valence-electron chi connectivity index (χ4n) is 4.11. The highest BCUT2D eigenvalue weighted by atomic mass is 16.5. The normalized spacial score (nSPS) is 16.1. The summed E-state index contributed by atoms with van der Waals surface area (Å²) in [5.41, 5.74) is 1.71. The molecule has 0 saturated carbocycles. The zero-order valence-corrected chi connectivity index (χ0v) is 18.9. The lowest BCUT2D eigenvalue weighted by Gasteiger charge is -2.35. The molecule has 32 heavy (non-hydrogen) atoms. The van der Waals surface area contributed by atoms with Crippen molar-refractivity contribution in [3.8, 4) is 23.3 Å². The third-order valence-electron chi connectivity index (χ3n) is 5.62. The van der Waals surface area contributed by atoms with Gasteiger partial charge in [0.25, 0.3) is 0 Å². The molecular weight excluding hydrogens is 404 g/mol. The first kappa shape index (κ1) is 21.7. The number of nitrogens with zero attached hydrogens (tertiary/aromatic N) is 3. The molecule has 0 spiro atoms. The van der Waals surface area contributed by atoms with Crippen molar-refractivity contribution < 1.29 is 14.2 Å². The van der Waals surface area contributed by atoms with Crippen LogP contribution in [0.4, 0.5) is 5.82 Å². The molecule has 4 rings (SSSR count). The van der Waals surface area contributed by atoms with Crippen molar-refractivity contribution in [2.45, 2.75) is 26.0 Å². The van der Waals surface area contributed by atoms with E-state index in [-0.39, 0.29) is 12.1 Å². The van der Waals surface area contributed by atoms with Crippen molar-refractivity contribution in [1.29, 1.82) is 5.26 Å². The van der Waals surface area contributed by atoms with Crippen molar-refractivity contribution in [2.24, 2.45) is 0 Å². The van der Waals surface area contributed by atoms with E-state index in [0.29, 0.717) is 17.1 Å². The molecule has 2 heterocycles. The first-order valence-electron chi connectivity index (χ1n) is 10.7. The van der Waals surface area contributed by atoms with Crippen LogP contribution in [0, 0.1) is 11.3 Å². The van der Waals surface area contributed by atoms with Gasteiger partial charge in [0.2, 0.25) is 0 Å². The highest BCUT2D eigenvalue weighted by Gasteiger charge is 2.24. The Morgan fingerprint density at radius 2 is 1.78 bits per heavy atom. The van der Waals surface area contributed by atoms with Crippen molar-refractivity contribution in [3.63, 3.8) is 0 Å². The van der Waals surface area contributed by atoms with Gasteiger partial charge in [0, 0.05) is 42.6 Å². The molecule has 1 aliphatic rings. The summed E-state index contributed by atoms with van der Waals surface area (Å²) >= 11 is 0. The van der Waals surface area contributed by atoms with Crippen LogP contribution in [0.3, 0.4) is 0 Å². The maximum Gasteiger partial charge on any atom is 0.161 e. The molecule has 1 saturated heterocycles. The van der Waals surface area contributed by atoms with Gasteiger partial charge < -0.3 is 24.4 Å². The first-order chi connectivity index (χ1) is 15.5. The molecule has 1 unspecified atom stereocenters. The fourth-order valence-corrected chi connectivity index (χ4v) is 4.11. The average molecular weight is 433 g/mol. The molecule has 0 amide bonds. The number of rotatable bonds is 6. The van der Waals surface area contributed by atoms with Gasteiger partial charge in [-0.05, 0) is 43.7 Å². The minimum Gasteiger partial charge on any atom is -0.493 e. The smallest absolute Gasteiger partial charge is 0.161 e. The maximum atomic E-state index is 9.60. The molecule has 0 bridgehead atoms. The lowest BCUT2D eigenvalue weighted by atomic mass is 10.0. The molecule has 2 aromatic carbocycles. The summed E-state index contributed by atoms with van der Waals surface area (Å²) < 4.78 is 16.7. The molecule has 1 aromatic heterocycles. The van der Waals surface area contributed by atoms with Crippen LogP contribution >= 0.6 is 0 Å². The SMILES string of the molecule is COc1cc2c(C#N)cnc(N3CCNC(c4ccc(OC(C)C)cc4)C3)c2cc1OC. The van der Waals surface area contributed by atoms with E-state index in [1.165, 1.54) is 5.56 Å². The number of aromatic nitrogens is 1. The summed E-state index contributed by atoms with van der Waals surface area (Å²) in [6, 6.07) is 14.4. The molecule has 1 aliphatic heterocycles. The second-order valence-corrected chi connectivity index (χ2v) is 8.05. The molecule has 1 fully saturated rings. The highest BCUT2D eigenvalue weighted by molar-refractivity contribution is 5.98. The number of piperazine rings is 1.